The van der Waals surface area contributed by atoms with Crippen molar-refractivity contribution in [2.45, 2.75) is 24.4 Å². The van der Waals surface area contributed by atoms with Crippen LogP contribution in [0.3, 0.4) is 0 Å². The number of nitrogens with one attached hydrogen (secondary N) is 1. The number of quaternary nitrogens is 1. The van der Waals surface area contributed by atoms with Crippen LogP contribution in [0.5, 0.6) is 0 Å². The van der Waals surface area contributed by atoms with Gasteiger partial charge in [-0.05, 0) is 37.4 Å². The average Bonchev–Trinajstić information content (AvgIpc) is 3.18. The Kier molecular flexibility index (Phi) is 5.88. The summed E-state index contributed by atoms with van der Waals surface area (Å²) in [5.41, 5.74) is 1.94. The minimum atomic E-state index is -0.435. The first-order valence-electron chi connectivity index (χ1n) is 8.51. The third-order valence-corrected chi connectivity index (χ3v) is 5.26. The van der Waals surface area contributed by atoms with Crippen molar-refractivity contribution in [3.05, 3.63) is 70.1 Å². The van der Waals surface area contributed by atoms with Gasteiger partial charge < -0.3 is 9.32 Å². The molecule has 0 amide bonds. The Morgan fingerprint density at radius 1 is 1.15 bits per heavy atom. The van der Waals surface area contributed by atoms with E-state index in [1.165, 1.54) is 27.5 Å². The molecule has 1 aromatic heterocycles. The standard InChI is InChI=1S/C19H20N4O3S/c1-13(22(2)12-14-4-10-17(27-3)11-5-14)18-20-21-19(26-18)15-6-8-16(9-7-15)23(24)25/h4-11,13H,12H2,1-3H3/p+1/t13-/m0/s1. The highest BCUT2D eigenvalue weighted by molar-refractivity contribution is 7.98. The summed E-state index contributed by atoms with van der Waals surface area (Å²) in [5, 5.41) is 19.0. The Morgan fingerprint density at radius 2 is 1.81 bits per heavy atom. The molecule has 140 valence electrons. The SMILES string of the molecule is CSc1ccc(C[NH+](C)[C@@H](C)c2nnc(-c3ccc([N+](=O)[O-])cc3)o2)cc1. The molecule has 7 nitrogen and oxygen atoms in total. The lowest BCUT2D eigenvalue weighted by molar-refractivity contribution is -0.925. The maximum Gasteiger partial charge on any atom is 0.274 e. The van der Waals surface area contributed by atoms with Gasteiger partial charge >= 0.3 is 0 Å². The molecule has 3 aromatic rings. The van der Waals surface area contributed by atoms with Crippen LogP contribution in [0.25, 0.3) is 11.5 Å². The number of aromatic nitrogens is 2. The maximum atomic E-state index is 10.8. The number of nitro groups is 1. The zero-order valence-electron chi connectivity index (χ0n) is 15.4. The first-order valence-corrected chi connectivity index (χ1v) is 9.74. The highest BCUT2D eigenvalue weighted by atomic mass is 32.2. The van der Waals surface area contributed by atoms with Gasteiger partial charge in [-0.2, -0.15) is 0 Å². The summed E-state index contributed by atoms with van der Waals surface area (Å²) >= 11 is 1.73. The molecule has 1 unspecified atom stereocenters. The van der Waals surface area contributed by atoms with Gasteiger partial charge in [0.2, 0.25) is 5.89 Å². The van der Waals surface area contributed by atoms with Crippen molar-refractivity contribution in [3.8, 4) is 11.5 Å². The normalized spacial score (nSPS) is 13.3. The van der Waals surface area contributed by atoms with Crippen LogP contribution in [0, 0.1) is 10.1 Å². The summed E-state index contributed by atoms with van der Waals surface area (Å²) < 4.78 is 5.81. The van der Waals surface area contributed by atoms with Crippen molar-refractivity contribution in [3.63, 3.8) is 0 Å². The van der Waals surface area contributed by atoms with Crippen LogP contribution in [0.2, 0.25) is 0 Å². The fourth-order valence-corrected chi connectivity index (χ4v) is 3.09. The van der Waals surface area contributed by atoms with Gasteiger partial charge in [0.1, 0.15) is 6.54 Å². The van der Waals surface area contributed by atoms with E-state index < -0.39 is 4.92 Å². The molecule has 3 rings (SSSR count). The van der Waals surface area contributed by atoms with Gasteiger partial charge in [0, 0.05) is 28.2 Å². The molecule has 2 atom stereocenters. The minimum absolute atomic E-state index is 0.0181. The average molecular weight is 385 g/mol. The fraction of sp³-hybridized carbons (Fsp3) is 0.263. The third kappa shape index (κ3) is 4.53. The largest absolute Gasteiger partial charge is 0.415 e. The molecule has 0 aliphatic carbocycles. The highest BCUT2D eigenvalue weighted by Crippen LogP contribution is 2.22. The van der Waals surface area contributed by atoms with Gasteiger partial charge in [0.05, 0.1) is 12.0 Å². The lowest BCUT2D eigenvalue weighted by Gasteiger charge is -2.19. The Hall–Kier alpha value is -2.71. The Balaban J connectivity index is 1.69. The molecule has 1 heterocycles. The monoisotopic (exact) mass is 385 g/mol. The predicted octanol–water partition coefficient (Wildman–Crippen LogP) is 3.14. The van der Waals surface area contributed by atoms with Crippen LogP contribution >= 0.6 is 11.8 Å². The molecule has 0 aliphatic rings. The van der Waals surface area contributed by atoms with E-state index in [4.69, 9.17) is 4.42 Å². The lowest BCUT2D eigenvalue weighted by atomic mass is 10.2. The van der Waals surface area contributed by atoms with Crippen molar-refractivity contribution >= 4 is 17.4 Å². The van der Waals surface area contributed by atoms with Gasteiger partial charge in [-0.25, -0.2) is 0 Å². The number of hydrogen-bond acceptors (Lipinski definition) is 6. The number of rotatable bonds is 7. The minimum Gasteiger partial charge on any atom is -0.415 e. The van der Waals surface area contributed by atoms with Crippen LogP contribution in [-0.2, 0) is 6.54 Å². The molecular weight excluding hydrogens is 364 g/mol. The molecule has 0 spiro atoms. The molecule has 0 saturated heterocycles. The molecule has 0 aliphatic heterocycles. The summed E-state index contributed by atoms with van der Waals surface area (Å²) in [6, 6.07) is 14.6. The Bertz CT molecular complexity index is 909. The molecule has 27 heavy (non-hydrogen) atoms. The molecule has 0 radical (unpaired) electrons. The highest BCUT2D eigenvalue weighted by Gasteiger charge is 2.23. The van der Waals surface area contributed by atoms with E-state index in [0.29, 0.717) is 17.3 Å². The number of non-ortho nitro benzene ring substituents is 1. The smallest absolute Gasteiger partial charge is 0.274 e. The van der Waals surface area contributed by atoms with E-state index in [9.17, 15) is 10.1 Å². The van der Waals surface area contributed by atoms with E-state index in [0.717, 1.165) is 6.54 Å². The predicted molar refractivity (Wildman–Crippen MR) is 104 cm³/mol. The molecule has 1 N–H and O–H groups in total. The lowest BCUT2D eigenvalue weighted by Crippen LogP contribution is -3.07. The first-order chi connectivity index (χ1) is 13.0. The zero-order chi connectivity index (χ0) is 19.4. The van der Waals surface area contributed by atoms with Crippen molar-refractivity contribution < 1.29 is 14.2 Å². The maximum absolute atomic E-state index is 10.8. The Labute approximate surface area is 161 Å². The van der Waals surface area contributed by atoms with Crippen LogP contribution in [0.4, 0.5) is 5.69 Å². The number of hydrogen-bond donors (Lipinski definition) is 1. The first kappa shape index (κ1) is 19.1. The van der Waals surface area contributed by atoms with Gasteiger partial charge in [-0.15, -0.1) is 22.0 Å². The van der Waals surface area contributed by atoms with Crippen LogP contribution in [0.1, 0.15) is 24.4 Å². The van der Waals surface area contributed by atoms with Crippen LogP contribution in [0.15, 0.2) is 57.8 Å². The quantitative estimate of drug-likeness (QED) is 0.382. The van der Waals surface area contributed by atoms with Crippen molar-refractivity contribution in [1.29, 1.82) is 0 Å². The molecule has 2 aromatic carbocycles. The number of thioether (sulfide) groups is 1. The summed E-state index contributed by atoms with van der Waals surface area (Å²) in [6.45, 7) is 2.88. The summed E-state index contributed by atoms with van der Waals surface area (Å²) in [5.74, 6) is 0.908. The molecule has 0 saturated carbocycles. The number of nitrogens with zero attached hydrogens (tertiary/aromatic N) is 3. The zero-order valence-corrected chi connectivity index (χ0v) is 16.2. The van der Waals surface area contributed by atoms with E-state index in [1.54, 1.807) is 23.9 Å². The van der Waals surface area contributed by atoms with Crippen molar-refractivity contribution in [2.24, 2.45) is 0 Å². The number of nitro benzene ring substituents is 1. The fourth-order valence-electron chi connectivity index (χ4n) is 2.68. The summed E-state index contributed by atoms with van der Waals surface area (Å²) in [4.78, 5) is 12.8. The molecule has 0 fully saturated rings. The third-order valence-electron chi connectivity index (χ3n) is 4.52. The van der Waals surface area contributed by atoms with E-state index in [2.05, 4.69) is 47.8 Å². The second-order valence-electron chi connectivity index (χ2n) is 6.34. The summed E-state index contributed by atoms with van der Waals surface area (Å²) in [7, 11) is 2.09. The van der Waals surface area contributed by atoms with Crippen LogP contribution in [-0.4, -0.2) is 28.4 Å². The molecule has 0 bridgehead atoms. The van der Waals surface area contributed by atoms with Crippen molar-refractivity contribution in [2.75, 3.05) is 13.3 Å². The van der Waals surface area contributed by atoms with Gasteiger partial charge in [-0.3, -0.25) is 10.1 Å². The Morgan fingerprint density at radius 3 is 2.41 bits per heavy atom. The molecular formula is C19H21N4O3S+. The van der Waals surface area contributed by atoms with Gasteiger partial charge in [0.15, 0.2) is 6.04 Å². The topological polar surface area (TPSA) is 86.5 Å². The van der Waals surface area contributed by atoms with E-state index in [-0.39, 0.29) is 11.7 Å². The summed E-state index contributed by atoms with van der Waals surface area (Å²) in [6.07, 6.45) is 2.06. The van der Waals surface area contributed by atoms with Crippen molar-refractivity contribution in [1.82, 2.24) is 10.2 Å². The van der Waals surface area contributed by atoms with Gasteiger partial charge in [0.25, 0.3) is 11.6 Å². The van der Waals surface area contributed by atoms with E-state index in [1.807, 2.05) is 6.92 Å². The second kappa shape index (κ2) is 8.32. The molecule has 8 heteroatoms. The van der Waals surface area contributed by atoms with Crippen LogP contribution < -0.4 is 4.90 Å². The number of benzene rings is 2. The van der Waals surface area contributed by atoms with Gasteiger partial charge in [-0.1, -0.05) is 12.1 Å². The second-order valence-corrected chi connectivity index (χ2v) is 7.22. The van der Waals surface area contributed by atoms with E-state index >= 15 is 0 Å².